The Balaban J connectivity index is 1.74. The molecule has 0 unspecified atom stereocenters. The summed E-state index contributed by atoms with van der Waals surface area (Å²) in [5.74, 6) is -0.419. The zero-order valence-corrected chi connectivity index (χ0v) is 12.4. The van der Waals surface area contributed by atoms with Gasteiger partial charge in [0.25, 0.3) is 0 Å². The normalized spacial score (nSPS) is 14.2. The van der Waals surface area contributed by atoms with Crippen molar-refractivity contribution in [3.05, 3.63) is 17.7 Å². The van der Waals surface area contributed by atoms with E-state index >= 15 is 0 Å². The molecule has 21 heavy (non-hydrogen) atoms. The maximum atomic E-state index is 13.6. The smallest absolute Gasteiger partial charge is 0.168 e. The molecule has 1 heterocycles. The summed E-state index contributed by atoms with van der Waals surface area (Å²) in [4.78, 5) is 3.95. The van der Waals surface area contributed by atoms with Gasteiger partial charge in [-0.1, -0.05) is 6.92 Å². The van der Waals surface area contributed by atoms with Gasteiger partial charge in [0.1, 0.15) is 0 Å². The summed E-state index contributed by atoms with van der Waals surface area (Å²) in [6, 6.07) is 0.858. The third kappa shape index (κ3) is 5.46. The summed E-state index contributed by atoms with van der Waals surface area (Å²) in [5.41, 5.74) is 0. The number of nitrogens with zero attached hydrogens (tertiary/aromatic N) is 1. The Kier molecular flexibility index (Phi) is 6.17. The number of ether oxygens (including phenoxy) is 1. The monoisotopic (exact) mass is 299 g/mol. The molecule has 0 aromatic carbocycles. The van der Waals surface area contributed by atoms with E-state index in [4.69, 9.17) is 4.74 Å². The first-order chi connectivity index (χ1) is 10.2. The van der Waals surface area contributed by atoms with E-state index in [0.717, 1.165) is 31.4 Å². The molecule has 2 rings (SSSR count). The summed E-state index contributed by atoms with van der Waals surface area (Å²) in [6.07, 6.45) is 4.16. The number of anilines is 2. The summed E-state index contributed by atoms with van der Waals surface area (Å²) in [5, 5.41) is 5.73. The van der Waals surface area contributed by atoms with E-state index in [1.54, 1.807) is 0 Å². The fraction of sp³-hybridized carbons (Fsp3) is 0.667. The maximum Gasteiger partial charge on any atom is 0.168 e. The van der Waals surface area contributed by atoms with Crippen molar-refractivity contribution in [2.24, 2.45) is 5.92 Å². The van der Waals surface area contributed by atoms with E-state index in [0.29, 0.717) is 19.7 Å². The number of rotatable bonds is 10. The second-order valence-corrected chi connectivity index (χ2v) is 5.37. The highest BCUT2D eigenvalue weighted by atomic mass is 19.1. The summed E-state index contributed by atoms with van der Waals surface area (Å²) in [7, 11) is 0. The van der Waals surface area contributed by atoms with Crippen molar-refractivity contribution >= 4 is 11.6 Å². The first kappa shape index (κ1) is 15.9. The maximum absolute atomic E-state index is 13.6. The lowest BCUT2D eigenvalue weighted by atomic mass is 10.3. The van der Waals surface area contributed by atoms with Crippen LogP contribution in [0.4, 0.5) is 20.4 Å². The SMILES string of the molecule is CCCNc1nc(NCCCOCC2CC2)c(F)cc1F. The summed E-state index contributed by atoms with van der Waals surface area (Å²) < 4.78 is 32.6. The molecule has 118 valence electrons. The predicted octanol–water partition coefficient (Wildman–Crippen LogP) is 3.41. The van der Waals surface area contributed by atoms with Crippen molar-refractivity contribution in [2.75, 3.05) is 36.9 Å². The van der Waals surface area contributed by atoms with Crippen molar-refractivity contribution in [2.45, 2.75) is 32.6 Å². The quantitative estimate of drug-likeness (QED) is 0.650. The Labute approximate surface area is 124 Å². The molecule has 1 aliphatic carbocycles. The fourth-order valence-corrected chi connectivity index (χ4v) is 1.87. The van der Waals surface area contributed by atoms with Crippen LogP contribution in [0.15, 0.2) is 6.07 Å². The molecule has 0 amide bonds. The lowest BCUT2D eigenvalue weighted by Crippen LogP contribution is -2.12. The first-order valence-corrected chi connectivity index (χ1v) is 7.62. The minimum absolute atomic E-state index is 0.0807. The molecule has 0 aliphatic heterocycles. The fourth-order valence-electron chi connectivity index (χ4n) is 1.87. The Hall–Kier alpha value is -1.43. The molecule has 0 saturated heterocycles. The van der Waals surface area contributed by atoms with Crippen molar-refractivity contribution in [1.29, 1.82) is 0 Å². The van der Waals surface area contributed by atoms with Gasteiger partial charge in [0.2, 0.25) is 0 Å². The standard InChI is InChI=1S/C15H23F2N3O/c1-2-6-18-14-12(16)9-13(17)15(20-14)19-7-3-8-21-10-11-4-5-11/h9,11H,2-8,10H2,1H3,(H2,18,19,20). The highest BCUT2D eigenvalue weighted by Crippen LogP contribution is 2.28. The van der Waals surface area contributed by atoms with Crippen LogP contribution < -0.4 is 10.6 Å². The number of hydrogen-bond donors (Lipinski definition) is 2. The molecule has 0 spiro atoms. The van der Waals surface area contributed by atoms with Crippen molar-refractivity contribution in [1.82, 2.24) is 4.98 Å². The third-order valence-corrected chi connectivity index (χ3v) is 3.28. The van der Waals surface area contributed by atoms with E-state index in [1.165, 1.54) is 12.8 Å². The van der Waals surface area contributed by atoms with Crippen LogP contribution >= 0.6 is 0 Å². The lowest BCUT2D eigenvalue weighted by molar-refractivity contribution is 0.124. The van der Waals surface area contributed by atoms with Gasteiger partial charge in [0.05, 0.1) is 0 Å². The number of hydrogen-bond acceptors (Lipinski definition) is 4. The zero-order chi connectivity index (χ0) is 15.1. The molecule has 6 heteroatoms. The van der Waals surface area contributed by atoms with Crippen LogP contribution in [-0.4, -0.2) is 31.3 Å². The Morgan fingerprint density at radius 3 is 2.48 bits per heavy atom. The van der Waals surface area contributed by atoms with Gasteiger partial charge >= 0.3 is 0 Å². The molecule has 0 atom stereocenters. The Morgan fingerprint density at radius 1 is 1.19 bits per heavy atom. The molecule has 0 radical (unpaired) electrons. The van der Waals surface area contributed by atoms with Crippen LogP contribution in [0.1, 0.15) is 32.6 Å². The summed E-state index contributed by atoms with van der Waals surface area (Å²) in [6.45, 7) is 4.59. The van der Waals surface area contributed by atoms with Gasteiger partial charge < -0.3 is 15.4 Å². The van der Waals surface area contributed by atoms with Crippen molar-refractivity contribution in [3.63, 3.8) is 0 Å². The topological polar surface area (TPSA) is 46.2 Å². The summed E-state index contributed by atoms with van der Waals surface area (Å²) >= 11 is 0. The minimum atomic E-state index is -0.673. The number of halogens is 2. The van der Waals surface area contributed by atoms with Crippen LogP contribution in [0.25, 0.3) is 0 Å². The molecule has 0 bridgehead atoms. The van der Waals surface area contributed by atoms with Gasteiger partial charge in [0, 0.05) is 32.4 Å². The van der Waals surface area contributed by atoms with Crippen LogP contribution in [0.5, 0.6) is 0 Å². The molecule has 2 N–H and O–H groups in total. The molecule has 1 aromatic heterocycles. The van der Waals surface area contributed by atoms with Crippen LogP contribution in [-0.2, 0) is 4.74 Å². The van der Waals surface area contributed by atoms with Crippen LogP contribution in [0, 0.1) is 17.6 Å². The average Bonchev–Trinajstić information content (AvgIpc) is 3.27. The molecular weight excluding hydrogens is 276 g/mol. The number of nitrogens with one attached hydrogen (secondary N) is 2. The third-order valence-electron chi connectivity index (χ3n) is 3.28. The van der Waals surface area contributed by atoms with E-state index in [1.807, 2.05) is 6.92 Å². The zero-order valence-electron chi connectivity index (χ0n) is 12.4. The van der Waals surface area contributed by atoms with Gasteiger partial charge in [0.15, 0.2) is 23.3 Å². The average molecular weight is 299 g/mol. The van der Waals surface area contributed by atoms with Gasteiger partial charge in [-0.15, -0.1) is 0 Å². The molecule has 1 fully saturated rings. The van der Waals surface area contributed by atoms with E-state index in [-0.39, 0.29) is 11.6 Å². The van der Waals surface area contributed by atoms with Gasteiger partial charge in [-0.05, 0) is 31.6 Å². The van der Waals surface area contributed by atoms with Crippen molar-refractivity contribution in [3.8, 4) is 0 Å². The first-order valence-electron chi connectivity index (χ1n) is 7.62. The Bertz CT molecular complexity index is 453. The van der Waals surface area contributed by atoms with E-state index in [2.05, 4.69) is 15.6 Å². The second kappa shape index (κ2) is 8.12. The van der Waals surface area contributed by atoms with E-state index in [9.17, 15) is 8.78 Å². The predicted molar refractivity (Wildman–Crippen MR) is 79.6 cm³/mol. The molecule has 1 aliphatic rings. The molecule has 1 aromatic rings. The lowest BCUT2D eigenvalue weighted by Gasteiger charge is -2.11. The van der Waals surface area contributed by atoms with Gasteiger partial charge in [-0.25, -0.2) is 13.8 Å². The van der Waals surface area contributed by atoms with E-state index < -0.39 is 11.6 Å². The van der Waals surface area contributed by atoms with Crippen molar-refractivity contribution < 1.29 is 13.5 Å². The second-order valence-electron chi connectivity index (χ2n) is 5.37. The van der Waals surface area contributed by atoms with Gasteiger partial charge in [-0.3, -0.25) is 0 Å². The number of pyridine rings is 1. The highest BCUT2D eigenvalue weighted by Gasteiger charge is 2.20. The molecule has 4 nitrogen and oxygen atoms in total. The minimum Gasteiger partial charge on any atom is -0.381 e. The van der Waals surface area contributed by atoms with Crippen LogP contribution in [0.3, 0.4) is 0 Å². The highest BCUT2D eigenvalue weighted by molar-refractivity contribution is 5.47. The largest absolute Gasteiger partial charge is 0.381 e. The van der Waals surface area contributed by atoms with Gasteiger partial charge in [-0.2, -0.15) is 0 Å². The molecule has 1 saturated carbocycles. The molecular formula is C15H23F2N3O. The Morgan fingerprint density at radius 2 is 1.86 bits per heavy atom. The number of aromatic nitrogens is 1. The van der Waals surface area contributed by atoms with Crippen LogP contribution in [0.2, 0.25) is 0 Å².